The smallest absolute Gasteiger partial charge is 0.324 e. The summed E-state index contributed by atoms with van der Waals surface area (Å²) in [5, 5.41) is 3.22. The molecule has 0 saturated heterocycles. The molecule has 0 spiro atoms. The molecule has 1 aliphatic rings. The zero-order chi connectivity index (χ0) is 14.5. The van der Waals surface area contributed by atoms with E-state index in [9.17, 15) is 4.79 Å². The summed E-state index contributed by atoms with van der Waals surface area (Å²) in [6.07, 6.45) is 4.56. The number of esters is 1. The van der Waals surface area contributed by atoms with Gasteiger partial charge in [0.15, 0.2) is 0 Å². The second-order valence-electron chi connectivity index (χ2n) is 5.23. The molecule has 5 heteroatoms. The van der Waals surface area contributed by atoms with E-state index in [1.807, 2.05) is 20.8 Å². The van der Waals surface area contributed by atoms with Crippen molar-refractivity contribution < 1.29 is 9.53 Å². The Bertz CT molecular complexity index is 468. The fourth-order valence-corrected chi connectivity index (χ4v) is 2.87. The van der Waals surface area contributed by atoms with Crippen molar-refractivity contribution in [1.29, 1.82) is 0 Å². The number of hydrogen-bond acceptors (Lipinski definition) is 4. The highest BCUT2D eigenvalue weighted by atomic mass is 16.5. The van der Waals surface area contributed by atoms with Crippen molar-refractivity contribution >= 4 is 5.97 Å². The SMILES string of the molecule is CCNC(Cn1c(C)nc2c1CCCC2)C(=O)OCC. The predicted octanol–water partition coefficient (Wildman–Crippen LogP) is 1.61. The van der Waals surface area contributed by atoms with Crippen molar-refractivity contribution in [2.75, 3.05) is 13.2 Å². The van der Waals surface area contributed by atoms with Crippen LogP contribution in [0.5, 0.6) is 0 Å². The molecule has 0 amide bonds. The molecule has 0 fully saturated rings. The Labute approximate surface area is 120 Å². The van der Waals surface area contributed by atoms with Crippen molar-refractivity contribution in [2.24, 2.45) is 0 Å². The number of carbonyl (C=O) groups is 1. The van der Waals surface area contributed by atoms with Crippen molar-refractivity contribution in [3.63, 3.8) is 0 Å². The zero-order valence-electron chi connectivity index (χ0n) is 12.7. The van der Waals surface area contributed by atoms with Crippen LogP contribution in [0, 0.1) is 6.92 Å². The van der Waals surface area contributed by atoms with Crippen LogP contribution in [0.25, 0.3) is 0 Å². The first kappa shape index (κ1) is 15.0. The van der Waals surface area contributed by atoms with Crippen LogP contribution < -0.4 is 5.32 Å². The number of nitrogens with zero attached hydrogens (tertiary/aromatic N) is 2. The lowest BCUT2D eigenvalue weighted by molar-refractivity contribution is -0.146. The van der Waals surface area contributed by atoms with Gasteiger partial charge in [0.05, 0.1) is 18.8 Å². The molecule has 1 atom stereocenters. The molecule has 1 unspecified atom stereocenters. The first-order valence-electron chi connectivity index (χ1n) is 7.62. The summed E-state index contributed by atoms with van der Waals surface area (Å²) in [6.45, 7) is 7.64. The van der Waals surface area contributed by atoms with E-state index >= 15 is 0 Å². The normalized spacial score (nSPS) is 15.8. The van der Waals surface area contributed by atoms with Crippen LogP contribution >= 0.6 is 0 Å². The Kier molecular flexibility index (Phi) is 5.17. The van der Waals surface area contributed by atoms with Gasteiger partial charge in [-0.1, -0.05) is 6.92 Å². The average molecular weight is 279 g/mol. The van der Waals surface area contributed by atoms with Gasteiger partial charge >= 0.3 is 5.97 Å². The highest BCUT2D eigenvalue weighted by molar-refractivity contribution is 5.75. The van der Waals surface area contributed by atoms with E-state index in [0.29, 0.717) is 13.2 Å². The number of likely N-dealkylation sites (N-methyl/N-ethyl adjacent to an activating group) is 1. The molecule has 5 nitrogen and oxygen atoms in total. The second kappa shape index (κ2) is 6.88. The summed E-state index contributed by atoms with van der Waals surface area (Å²) >= 11 is 0. The molecule has 112 valence electrons. The van der Waals surface area contributed by atoms with Gasteiger partial charge in [-0.15, -0.1) is 0 Å². The van der Waals surface area contributed by atoms with Gasteiger partial charge < -0.3 is 14.6 Å². The van der Waals surface area contributed by atoms with E-state index in [1.165, 1.54) is 24.2 Å². The maximum Gasteiger partial charge on any atom is 0.324 e. The Morgan fingerprint density at radius 1 is 1.40 bits per heavy atom. The molecule has 1 aromatic heterocycles. The van der Waals surface area contributed by atoms with Gasteiger partial charge in [-0.05, 0) is 46.1 Å². The fourth-order valence-electron chi connectivity index (χ4n) is 2.87. The lowest BCUT2D eigenvalue weighted by Crippen LogP contribution is -2.42. The molecule has 1 N–H and O–H groups in total. The highest BCUT2D eigenvalue weighted by Crippen LogP contribution is 2.22. The van der Waals surface area contributed by atoms with Gasteiger partial charge in [-0.3, -0.25) is 4.79 Å². The number of rotatable bonds is 6. The van der Waals surface area contributed by atoms with Crippen LogP contribution in [0.3, 0.4) is 0 Å². The molecule has 1 aromatic rings. The topological polar surface area (TPSA) is 56.2 Å². The number of hydrogen-bond donors (Lipinski definition) is 1. The summed E-state index contributed by atoms with van der Waals surface area (Å²) in [5.41, 5.74) is 2.52. The zero-order valence-corrected chi connectivity index (χ0v) is 12.7. The third kappa shape index (κ3) is 3.20. The molecule has 0 bridgehead atoms. The minimum Gasteiger partial charge on any atom is -0.465 e. The number of aromatic nitrogens is 2. The quantitative estimate of drug-likeness (QED) is 0.804. The van der Waals surface area contributed by atoms with Crippen LogP contribution in [0.15, 0.2) is 0 Å². The third-order valence-electron chi connectivity index (χ3n) is 3.81. The monoisotopic (exact) mass is 279 g/mol. The second-order valence-corrected chi connectivity index (χ2v) is 5.23. The van der Waals surface area contributed by atoms with E-state index in [2.05, 4.69) is 14.9 Å². The van der Waals surface area contributed by atoms with Gasteiger partial charge in [0.1, 0.15) is 11.9 Å². The number of ether oxygens (including phenoxy) is 1. The third-order valence-corrected chi connectivity index (χ3v) is 3.81. The summed E-state index contributed by atoms with van der Waals surface area (Å²) in [5.74, 6) is 0.830. The molecule has 1 heterocycles. The molecular formula is C15H25N3O2. The predicted molar refractivity (Wildman–Crippen MR) is 77.7 cm³/mol. The van der Waals surface area contributed by atoms with Crippen LogP contribution in [0.1, 0.15) is 43.9 Å². The number of imidazole rings is 1. The summed E-state index contributed by atoms with van der Waals surface area (Å²) in [4.78, 5) is 16.7. The van der Waals surface area contributed by atoms with E-state index < -0.39 is 0 Å². The maximum absolute atomic E-state index is 12.0. The summed E-state index contributed by atoms with van der Waals surface area (Å²) < 4.78 is 7.35. The molecule has 2 rings (SSSR count). The fraction of sp³-hybridized carbons (Fsp3) is 0.733. The average Bonchev–Trinajstić information content (AvgIpc) is 2.75. The maximum atomic E-state index is 12.0. The Hall–Kier alpha value is -1.36. The van der Waals surface area contributed by atoms with Crippen molar-refractivity contribution in [1.82, 2.24) is 14.9 Å². The molecule has 0 radical (unpaired) electrons. The first-order valence-corrected chi connectivity index (χ1v) is 7.62. The van der Waals surface area contributed by atoms with Gasteiger partial charge in [0.2, 0.25) is 0 Å². The lowest BCUT2D eigenvalue weighted by atomic mass is 10.0. The molecule has 0 aliphatic heterocycles. The number of aryl methyl sites for hydroxylation is 2. The van der Waals surface area contributed by atoms with Gasteiger partial charge in [-0.25, -0.2) is 4.98 Å². The van der Waals surface area contributed by atoms with Crippen LogP contribution in [-0.4, -0.2) is 34.7 Å². The van der Waals surface area contributed by atoms with E-state index in [1.54, 1.807) is 0 Å². The largest absolute Gasteiger partial charge is 0.465 e. The molecule has 1 aliphatic carbocycles. The van der Waals surface area contributed by atoms with Crippen molar-refractivity contribution in [3.8, 4) is 0 Å². The lowest BCUT2D eigenvalue weighted by Gasteiger charge is -2.20. The van der Waals surface area contributed by atoms with Crippen LogP contribution in [0.4, 0.5) is 0 Å². The van der Waals surface area contributed by atoms with E-state index in [4.69, 9.17) is 4.74 Å². The molecular weight excluding hydrogens is 254 g/mol. The van der Waals surface area contributed by atoms with Gasteiger partial charge in [0.25, 0.3) is 0 Å². The van der Waals surface area contributed by atoms with E-state index in [-0.39, 0.29) is 12.0 Å². The van der Waals surface area contributed by atoms with Crippen LogP contribution in [-0.2, 0) is 28.9 Å². The Morgan fingerprint density at radius 3 is 2.85 bits per heavy atom. The van der Waals surface area contributed by atoms with Gasteiger partial charge in [0, 0.05) is 5.69 Å². The summed E-state index contributed by atoms with van der Waals surface area (Å²) in [7, 11) is 0. The summed E-state index contributed by atoms with van der Waals surface area (Å²) in [6, 6.07) is -0.293. The first-order chi connectivity index (χ1) is 9.67. The van der Waals surface area contributed by atoms with Crippen LogP contribution in [0.2, 0.25) is 0 Å². The minimum absolute atomic E-state index is 0.174. The number of nitrogens with one attached hydrogen (secondary N) is 1. The van der Waals surface area contributed by atoms with E-state index in [0.717, 1.165) is 25.2 Å². The Balaban J connectivity index is 2.17. The molecule has 0 saturated carbocycles. The van der Waals surface area contributed by atoms with Gasteiger partial charge in [-0.2, -0.15) is 0 Å². The van der Waals surface area contributed by atoms with Crippen molar-refractivity contribution in [3.05, 3.63) is 17.2 Å². The molecule has 0 aromatic carbocycles. The minimum atomic E-state index is -0.293. The standard InChI is InChI=1S/C15H25N3O2/c1-4-16-13(15(19)20-5-2)10-18-11(3)17-12-8-6-7-9-14(12)18/h13,16H,4-10H2,1-3H3. The number of fused-ring (bicyclic) bond motifs is 1. The Morgan fingerprint density at radius 2 is 2.15 bits per heavy atom. The highest BCUT2D eigenvalue weighted by Gasteiger charge is 2.24. The number of carbonyl (C=O) groups excluding carboxylic acids is 1. The van der Waals surface area contributed by atoms with Crippen molar-refractivity contribution in [2.45, 2.75) is 59.0 Å². The molecule has 20 heavy (non-hydrogen) atoms.